The second-order valence-electron chi connectivity index (χ2n) is 8.67. The van der Waals surface area contributed by atoms with Gasteiger partial charge in [-0.05, 0) is 79.1 Å². The van der Waals surface area contributed by atoms with Gasteiger partial charge in [-0.2, -0.15) is 0 Å². The minimum Gasteiger partial charge on any atom is -0.497 e. The first kappa shape index (κ1) is 20.1. The third kappa shape index (κ3) is 3.41. The zero-order valence-corrected chi connectivity index (χ0v) is 18.4. The smallest absolute Gasteiger partial charge is 0.236 e. The monoisotopic (exact) mass is 431 g/mol. The van der Waals surface area contributed by atoms with Gasteiger partial charge >= 0.3 is 0 Å². The molecule has 1 atom stereocenters. The standard InChI is InChI=1S/C27H26ClNO2/c1-31-24-13-9-21(10-14-24)25-27(26(30)29(25)23-5-3-2-4-6-23)17-15-20(16-18-27)19-7-11-22(28)12-8-19/h2-14,20,25H,15-18H2,1H3. The molecule has 0 radical (unpaired) electrons. The molecule has 31 heavy (non-hydrogen) atoms. The Morgan fingerprint density at radius 2 is 1.48 bits per heavy atom. The number of para-hydroxylation sites is 1. The van der Waals surface area contributed by atoms with Crippen molar-refractivity contribution in [3.05, 3.63) is 95.0 Å². The molecule has 1 saturated carbocycles. The molecule has 3 aromatic rings. The Kier molecular flexibility index (Phi) is 5.23. The van der Waals surface area contributed by atoms with Gasteiger partial charge in [-0.15, -0.1) is 0 Å². The van der Waals surface area contributed by atoms with E-state index in [0.29, 0.717) is 5.92 Å². The number of benzene rings is 3. The normalized spacial score (nSPS) is 25.4. The summed E-state index contributed by atoms with van der Waals surface area (Å²) < 4.78 is 5.35. The largest absolute Gasteiger partial charge is 0.497 e. The van der Waals surface area contributed by atoms with Crippen LogP contribution in [0, 0.1) is 5.41 Å². The highest BCUT2D eigenvalue weighted by atomic mass is 35.5. The molecule has 3 nitrogen and oxygen atoms in total. The van der Waals surface area contributed by atoms with Gasteiger partial charge in [-0.25, -0.2) is 0 Å². The lowest BCUT2D eigenvalue weighted by Crippen LogP contribution is -2.64. The number of anilines is 1. The lowest BCUT2D eigenvalue weighted by molar-refractivity contribution is -0.143. The maximum atomic E-state index is 13.6. The molecule has 1 saturated heterocycles. The molecule has 3 aromatic carbocycles. The molecular weight excluding hydrogens is 406 g/mol. The molecule has 5 rings (SSSR count). The molecule has 4 heteroatoms. The third-order valence-corrected chi connectivity index (χ3v) is 7.36. The van der Waals surface area contributed by atoms with E-state index in [2.05, 4.69) is 24.3 Å². The number of rotatable bonds is 4. The van der Waals surface area contributed by atoms with Crippen LogP contribution in [-0.2, 0) is 4.79 Å². The van der Waals surface area contributed by atoms with E-state index in [9.17, 15) is 4.79 Å². The van der Waals surface area contributed by atoms with Crippen LogP contribution in [0.15, 0.2) is 78.9 Å². The van der Waals surface area contributed by atoms with Crippen molar-refractivity contribution in [2.24, 2.45) is 5.41 Å². The number of methoxy groups -OCH3 is 1. The first-order chi connectivity index (χ1) is 15.1. The summed E-state index contributed by atoms with van der Waals surface area (Å²) in [6, 6.07) is 26.5. The minimum absolute atomic E-state index is 0.0551. The average Bonchev–Trinajstić information content (AvgIpc) is 2.83. The second kappa shape index (κ2) is 8.05. The molecule has 1 heterocycles. The van der Waals surface area contributed by atoms with Crippen LogP contribution >= 0.6 is 11.6 Å². The minimum atomic E-state index is -0.326. The summed E-state index contributed by atoms with van der Waals surface area (Å²) in [6.45, 7) is 0. The van der Waals surface area contributed by atoms with Crippen LogP contribution < -0.4 is 9.64 Å². The fourth-order valence-corrected chi connectivity index (χ4v) is 5.58. The van der Waals surface area contributed by atoms with E-state index >= 15 is 0 Å². The maximum Gasteiger partial charge on any atom is 0.236 e. The van der Waals surface area contributed by atoms with Crippen LogP contribution in [0.3, 0.4) is 0 Å². The second-order valence-corrected chi connectivity index (χ2v) is 9.10. The van der Waals surface area contributed by atoms with E-state index in [1.165, 1.54) is 11.1 Å². The van der Waals surface area contributed by atoms with Crippen LogP contribution in [0.25, 0.3) is 0 Å². The number of carbonyl (C=O) groups excluding carboxylic acids is 1. The summed E-state index contributed by atoms with van der Waals surface area (Å²) >= 11 is 6.07. The molecule has 1 aliphatic carbocycles. The number of β-lactam (4-membered cyclic amide) rings is 1. The molecule has 1 aliphatic heterocycles. The third-order valence-electron chi connectivity index (χ3n) is 7.11. The van der Waals surface area contributed by atoms with Gasteiger partial charge in [0.05, 0.1) is 18.6 Å². The SMILES string of the molecule is COc1ccc(C2N(c3ccccc3)C(=O)C23CCC(c2ccc(Cl)cc2)CC3)cc1. The van der Waals surface area contributed by atoms with Crippen LogP contribution in [-0.4, -0.2) is 13.0 Å². The summed E-state index contributed by atoms with van der Waals surface area (Å²) in [5.74, 6) is 1.58. The summed E-state index contributed by atoms with van der Waals surface area (Å²) in [7, 11) is 1.68. The van der Waals surface area contributed by atoms with Crippen molar-refractivity contribution < 1.29 is 9.53 Å². The molecule has 1 unspecified atom stereocenters. The maximum absolute atomic E-state index is 13.6. The highest BCUT2D eigenvalue weighted by Gasteiger charge is 2.61. The number of amides is 1. The van der Waals surface area contributed by atoms with Crippen molar-refractivity contribution in [2.75, 3.05) is 12.0 Å². The van der Waals surface area contributed by atoms with E-state index in [1.54, 1.807) is 7.11 Å². The van der Waals surface area contributed by atoms with Crippen molar-refractivity contribution >= 4 is 23.2 Å². The van der Waals surface area contributed by atoms with Crippen molar-refractivity contribution in [1.82, 2.24) is 0 Å². The first-order valence-electron chi connectivity index (χ1n) is 10.9. The molecule has 2 fully saturated rings. The number of nitrogens with zero attached hydrogens (tertiary/aromatic N) is 1. The van der Waals surface area contributed by atoms with Gasteiger partial charge in [0.25, 0.3) is 0 Å². The predicted octanol–water partition coefficient (Wildman–Crippen LogP) is 6.78. The van der Waals surface area contributed by atoms with Crippen molar-refractivity contribution in [3.8, 4) is 5.75 Å². The Morgan fingerprint density at radius 1 is 0.871 bits per heavy atom. The highest BCUT2D eigenvalue weighted by molar-refractivity contribution is 6.30. The molecule has 1 amide bonds. The summed E-state index contributed by atoms with van der Waals surface area (Å²) in [5.41, 5.74) is 3.15. The summed E-state index contributed by atoms with van der Waals surface area (Å²) in [4.78, 5) is 15.6. The molecule has 2 aliphatic rings. The Bertz CT molecular complexity index is 1050. The van der Waals surface area contributed by atoms with Crippen molar-refractivity contribution in [3.63, 3.8) is 0 Å². The molecule has 158 valence electrons. The van der Waals surface area contributed by atoms with Gasteiger partial charge in [0.1, 0.15) is 5.75 Å². The van der Waals surface area contributed by atoms with Gasteiger partial charge in [0.2, 0.25) is 5.91 Å². The molecule has 1 spiro atoms. The van der Waals surface area contributed by atoms with E-state index in [-0.39, 0.29) is 17.4 Å². The Morgan fingerprint density at radius 3 is 2.10 bits per heavy atom. The van der Waals surface area contributed by atoms with Gasteiger partial charge in [-0.1, -0.05) is 54.1 Å². The number of halogens is 1. The van der Waals surface area contributed by atoms with Gasteiger partial charge in [0.15, 0.2) is 0 Å². The average molecular weight is 432 g/mol. The number of ether oxygens (including phenoxy) is 1. The van der Waals surface area contributed by atoms with Crippen LogP contribution in [0.2, 0.25) is 5.02 Å². The van der Waals surface area contributed by atoms with Crippen LogP contribution in [0.1, 0.15) is 48.8 Å². The topological polar surface area (TPSA) is 29.5 Å². The Balaban J connectivity index is 1.45. The van der Waals surface area contributed by atoms with Crippen LogP contribution in [0.5, 0.6) is 5.75 Å². The molecule has 0 aromatic heterocycles. The molecular formula is C27H26ClNO2. The molecule has 0 bridgehead atoms. The van der Waals surface area contributed by atoms with Crippen molar-refractivity contribution in [2.45, 2.75) is 37.6 Å². The zero-order valence-electron chi connectivity index (χ0n) is 17.6. The van der Waals surface area contributed by atoms with E-state index in [1.807, 2.05) is 59.5 Å². The first-order valence-corrected chi connectivity index (χ1v) is 11.3. The predicted molar refractivity (Wildman–Crippen MR) is 125 cm³/mol. The van der Waals surface area contributed by atoms with Crippen LogP contribution in [0.4, 0.5) is 5.69 Å². The van der Waals surface area contributed by atoms with Gasteiger partial charge < -0.3 is 9.64 Å². The van der Waals surface area contributed by atoms with E-state index < -0.39 is 0 Å². The fourth-order valence-electron chi connectivity index (χ4n) is 5.45. The lowest BCUT2D eigenvalue weighted by Gasteiger charge is -2.58. The van der Waals surface area contributed by atoms with Gasteiger partial charge in [-0.3, -0.25) is 4.79 Å². The number of hydrogen-bond acceptors (Lipinski definition) is 2. The Hall–Kier alpha value is -2.78. The van der Waals surface area contributed by atoms with E-state index in [4.69, 9.17) is 16.3 Å². The van der Waals surface area contributed by atoms with Crippen molar-refractivity contribution in [1.29, 1.82) is 0 Å². The number of carbonyl (C=O) groups is 1. The zero-order chi connectivity index (χ0) is 21.4. The van der Waals surface area contributed by atoms with E-state index in [0.717, 1.165) is 42.1 Å². The Labute approximate surface area is 188 Å². The molecule has 0 N–H and O–H groups in total. The van der Waals surface area contributed by atoms with Gasteiger partial charge in [0, 0.05) is 10.7 Å². The highest BCUT2D eigenvalue weighted by Crippen LogP contribution is 2.60. The summed E-state index contributed by atoms with van der Waals surface area (Å²) in [6.07, 6.45) is 3.84. The fraction of sp³-hybridized carbons (Fsp3) is 0.296. The number of hydrogen-bond donors (Lipinski definition) is 0. The summed E-state index contributed by atoms with van der Waals surface area (Å²) in [5, 5.41) is 0.767. The quantitative estimate of drug-likeness (QED) is 0.426. The lowest BCUT2D eigenvalue weighted by atomic mass is 9.58.